The zero-order valence-corrected chi connectivity index (χ0v) is 11.5. The summed E-state index contributed by atoms with van der Waals surface area (Å²) in [6.45, 7) is -0.120. The molecule has 7 heteroatoms. The van der Waals surface area contributed by atoms with Gasteiger partial charge in [0.25, 0.3) is 5.91 Å². The molecule has 0 aliphatic heterocycles. The van der Waals surface area contributed by atoms with Crippen LogP contribution < -0.4 is 10.1 Å². The minimum absolute atomic E-state index is 0.278. The summed E-state index contributed by atoms with van der Waals surface area (Å²) >= 11 is 0. The molecule has 0 spiro atoms. The molecule has 1 N–H and O–H groups in total. The molecular weight excluding hydrogens is 291 g/mol. The van der Waals surface area contributed by atoms with E-state index in [4.69, 9.17) is 4.74 Å². The number of rotatable bonds is 6. The second-order valence-corrected chi connectivity index (χ2v) is 4.42. The fourth-order valence-corrected chi connectivity index (χ4v) is 1.75. The van der Waals surface area contributed by atoms with Crippen LogP contribution in [0.25, 0.3) is 0 Å². The van der Waals surface area contributed by atoms with Gasteiger partial charge in [-0.3, -0.25) is 14.9 Å². The standard InChI is InChI=1S/C15H13FN2O4/c16-12-6-7-13(18(20)21)14(8-12)22-10-15(19)17-9-11-4-2-1-3-5-11/h1-8H,9-10H2,(H,17,19). The fourth-order valence-electron chi connectivity index (χ4n) is 1.75. The molecule has 0 unspecified atom stereocenters. The summed E-state index contributed by atoms with van der Waals surface area (Å²) in [6, 6.07) is 12.1. The van der Waals surface area contributed by atoms with Crippen LogP contribution in [0.2, 0.25) is 0 Å². The molecule has 0 atom stereocenters. The molecule has 0 radical (unpaired) electrons. The van der Waals surface area contributed by atoms with Gasteiger partial charge >= 0.3 is 5.69 Å². The van der Waals surface area contributed by atoms with Gasteiger partial charge in [0, 0.05) is 18.7 Å². The number of ether oxygens (including phenoxy) is 1. The number of nitrogens with one attached hydrogen (secondary N) is 1. The zero-order valence-electron chi connectivity index (χ0n) is 11.5. The van der Waals surface area contributed by atoms with Gasteiger partial charge in [-0.25, -0.2) is 4.39 Å². The SMILES string of the molecule is O=C(COc1cc(F)ccc1[N+](=O)[O-])NCc1ccccc1. The van der Waals surface area contributed by atoms with Gasteiger partial charge in [-0.15, -0.1) is 0 Å². The van der Waals surface area contributed by atoms with E-state index in [1.807, 2.05) is 30.3 Å². The summed E-state index contributed by atoms with van der Waals surface area (Å²) in [4.78, 5) is 21.7. The Bertz CT molecular complexity index is 676. The zero-order chi connectivity index (χ0) is 15.9. The van der Waals surface area contributed by atoms with Crippen molar-refractivity contribution in [2.45, 2.75) is 6.54 Å². The van der Waals surface area contributed by atoms with Gasteiger partial charge in [-0.1, -0.05) is 30.3 Å². The number of hydrogen-bond donors (Lipinski definition) is 1. The highest BCUT2D eigenvalue weighted by molar-refractivity contribution is 5.77. The van der Waals surface area contributed by atoms with Crippen molar-refractivity contribution >= 4 is 11.6 Å². The molecule has 0 fully saturated rings. The first-order valence-corrected chi connectivity index (χ1v) is 6.43. The van der Waals surface area contributed by atoms with Crippen LogP contribution in [0.15, 0.2) is 48.5 Å². The molecule has 0 aliphatic carbocycles. The summed E-state index contributed by atoms with van der Waals surface area (Å²) in [7, 11) is 0. The van der Waals surface area contributed by atoms with Crippen molar-refractivity contribution in [2.24, 2.45) is 0 Å². The van der Waals surface area contributed by atoms with Crippen LogP contribution >= 0.6 is 0 Å². The Morgan fingerprint density at radius 2 is 1.95 bits per heavy atom. The minimum Gasteiger partial charge on any atom is -0.477 e. The van der Waals surface area contributed by atoms with Gasteiger partial charge in [0.2, 0.25) is 5.75 Å². The lowest BCUT2D eigenvalue weighted by Gasteiger charge is -2.08. The van der Waals surface area contributed by atoms with Gasteiger partial charge < -0.3 is 10.1 Å². The van der Waals surface area contributed by atoms with E-state index in [0.29, 0.717) is 6.54 Å². The molecule has 0 heterocycles. The van der Waals surface area contributed by atoms with Crippen LogP contribution in [0.4, 0.5) is 10.1 Å². The number of amides is 1. The van der Waals surface area contributed by atoms with Crippen LogP contribution in [0.5, 0.6) is 5.75 Å². The van der Waals surface area contributed by atoms with Crippen LogP contribution in [-0.4, -0.2) is 17.4 Å². The summed E-state index contributed by atoms with van der Waals surface area (Å²) in [6.07, 6.45) is 0. The van der Waals surface area contributed by atoms with Crippen molar-refractivity contribution in [2.75, 3.05) is 6.61 Å². The molecule has 0 saturated carbocycles. The van der Waals surface area contributed by atoms with Crippen LogP contribution in [-0.2, 0) is 11.3 Å². The molecular formula is C15H13FN2O4. The minimum atomic E-state index is -0.698. The molecule has 114 valence electrons. The molecule has 0 aromatic heterocycles. The first-order valence-electron chi connectivity index (χ1n) is 6.43. The average Bonchev–Trinajstić information content (AvgIpc) is 2.51. The number of carbonyl (C=O) groups excluding carboxylic acids is 1. The van der Waals surface area contributed by atoms with E-state index in [1.54, 1.807) is 0 Å². The van der Waals surface area contributed by atoms with E-state index in [9.17, 15) is 19.3 Å². The molecule has 22 heavy (non-hydrogen) atoms. The van der Waals surface area contributed by atoms with Gasteiger partial charge in [0.05, 0.1) is 4.92 Å². The molecule has 0 bridgehead atoms. The number of benzene rings is 2. The average molecular weight is 304 g/mol. The van der Waals surface area contributed by atoms with Crippen LogP contribution in [0.1, 0.15) is 5.56 Å². The quantitative estimate of drug-likeness (QED) is 0.656. The van der Waals surface area contributed by atoms with Crippen molar-refractivity contribution in [3.05, 3.63) is 70.0 Å². The second-order valence-electron chi connectivity index (χ2n) is 4.42. The van der Waals surface area contributed by atoms with Crippen molar-refractivity contribution in [3.8, 4) is 5.75 Å². The Kier molecular flexibility index (Phi) is 5.02. The molecule has 0 aliphatic rings. The number of nitro groups is 1. The van der Waals surface area contributed by atoms with Gasteiger partial charge in [-0.05, 0) is 11.6 Å². The van der Waals surface area contributed by atoms with Crippen molar-refractivity contribution in [1.82, 2.24) is 5.32 Å². The van der Waals surface area contributed by atoms with E-state index in [0.717, 1.165) is 23.8 Å². The monoisotopic (exact) mass is 304 g/mol. The first kappa shape index (κ1) is 15.4. The third-order valence-corrected chi connectivity index (χ3v) is 2.81. The Morgan fingerprint density at radius 3 is 2.64 bits per heavy atom. The third-order valence-electron chi connectivity index (χ3n) is 2.81. The molecule has 2 rings (SSSR count). The van der Waals surface area contributed by atoms with E-state index >= 15 is 0 Å². The second kappa shape index (κ2) is 7.16. The van der Waals surface area contributed by atoms with Crippen LogP contribution in [0.3, 0.4) is 0 Å². The van der Waals surface area contributed by atoms with Crippen LogP contribution in [0, 0.1) is 15.9 Å². The maximum atomic E-state index is 13.1. The normalized spacial score (nSPS) is 10.0. The predicted octanol–water partition coefficient (Wildman–Crippen LogP) is 2.43. The summed E-state index contributed by atoms with van der Waals surface area (Å²) in [5, 5.41) is 13.4. The molecule has 1 amide bonds. The maximum absolute atomic E-state index is 13.1. The molecule has 2 aromatic carbocycles. The molecule has 2 aromatic rings. The summed E-state index contributed by atoms with van der Waals surface area (Å²) in [5.74, 6) is -1.41. The van der Waals surface area contributed by atoms with Gasteiger partial charge in [0.15, 0.2) is 6.61 Å². The highest BCUT2D eigenvalue weighted by Crippen LogP contribution is 2.27. The summed E-state index contributed by atoms with van der Waals surface area (Å²) < 4.78 is 18.1. The Balaban J connectivity index is 1.91. The third kappa shape index (κ3) is 4.27. The lowest BCUT2D eigenvalue weighted by molar-refractivity contribution is -0.385. The topological polar surface area (TPSA) is 81.5 Å². The Labute approximate surface area is 125 Å². The van der Waals surface area contributed by atoms with Crippen molar-refractivity contribution < 1.29 is 18.8 Å². The molecule has 6 nitrogen and oxygen atoms in total. The van der Waals surface area contributed by atoms with Gasteiger partial charge in [0.1, 0.15) is 5.82 Å². The molecule has 0 saturated heterocycles. The smallest absolute Gasteiger partial charge is 0.311 e. The Hall–Kier alpha value is -2.96. The lowest BCUT2D eigenvalue weighted by atomic mass is 10.2. The number of nitro benzene ring substituents is 1. The number of nitrogens with zero attached hydrogens (tertiary/aromatic N) is 1. The van der Waals surface area contributed by atoms with Crippen molar-refractivity contribution in [1.29, 1.82) is 0 Å². The highest BCUT2D eigenvalue weighted by atomic mass is 19.1. The van der Waals surface area contributed by atoms with E-state index in [2.05, 4.69) is 5.32 Å². The number of carbonyl (C=O) groups is 1. The first-order chi connectivity index (χ1) is 10.6. The predicted molar refractivity (Wildman–Crippen MR) is 76.8 cm³/mol. The van der Waals surface area contributed by atoms with E-state index in [-0.39, 0.29) is 5.75 Å². The highest BCUT2D eigenvalue weighted by Gasteiger charge is 2.16. The lowest BCUT2D eigenvalue weighted by Crippen LogP contribution is -2.28. The largest absolute Gasteiger partial charge is 0.477 e. The van der Waals surface area contributed by atoms with Crippen molar-refractivity contribution in [3.63, 3.8) is 0 Å². The number of hydrogen-bond acceptors (Lipinski definition) is 4. The maximum Gasteiger partial charge on any atom is 0.311 e. The summed E-state index contributed by atoms with van der Waals surface area (Å²) in [5.41, 5.74) is 0.518. The van der Waals surface area contributed by atoms with Gasteiger partial charge in [-0.2, -0.15) is 0 Å². The fraction of sp³-hybridized carbons (Fsp3) is 0.133. The number of halogens is 1. The van der Waals surface area contributed by atoms with E-state index < -0.39 is 28.9 Å². The van der Waals surface area contributed by atoms with E-state index in [1.165, 1.54) is 0 Å². The Morgan fingerprint density at radius 1 is 1.23 bits per heavy atom.